The lowest BCUT2D eigenvalue weighted by molar-refractivity contribution is 0.0954. The van der Waals surface area contributed by atoms with E-state index in [0.717, 1.165) is 4.31 Å². The monoisotopic (exact) mass is 483 g/mol. The number of rotatable bonds is 8. The molecule has 4 rings (SSSR count). The topological polar surface area (TPSA) is 187 Å². The number of aromatic nitrogens is 4. The summed E-state index contributed by atoms with van der Waals surface area (Å²) in [5, 5.41) is 3.13. The molecule has 0 bridgehead atoms. The van der Waals surface area contributed by atoms with Crippen LogP contribution < -0.4 is 20.9 Å². The number of hydrogen-bond donors (Lipinski definition) is 5. The minimum Gasteiger partial charge on any atom is -0.369 e. The van der Waals surface area contributed by atoms with Gasteiger partial charge in [-0.2, -0.15) is 13.4 Å². The summed E-state index contributed by atoms with van der Waals surface area (Å²) in [6, 6.07) is 10.8. The van der Waals surface area contributed by atoms with Crippen LogP contribution in [0.3, 0.4) is 0 Å². The van der Waals surface area contributed by atoms with E-state index in [1.54, 1.807) is 24.4 Å². The van der Waals surface area contributed by atoms with Crippen molar-refractivity contribution in [1.82, 2.24) is 25.3 Å². The second kappa shape index (κ2) is 9.33. The predicted octanol–water partition coefficient (Wildman–Crippen LogP) is 1.01. The van der Waals surface area contributed by atoms with E-state index in [1.807, 2.05) is 0 Å². The number of amides is 1. The van der Waals surface area contributed by atoms with Crippen LogP contribution in [0.15, 0.2) is 59.7 Å². The van der Waals surface area contributed by atoms with Gasteiger partial charge < -0.3 is 16.0 Å². The van der Waals surface area contributed by atoms with E-state index in [2.05, 4.69) is 25.3 Å². The van der Waals surface area contributed by atoms with Gasteiger partial charge in [-0.15, -0.1) is 0 Å². The van der Waals surface area contributed by atoms with Gasteiger partial charge in [0.05, 0.1) is 17.6 Å². The van der Waals surface area contributed by atoms with Gasteiger partial charge in [0, 0.05) is 36.6 Å². The molecule has 0 atom stereocenters. The molecule has 4 aromatic rings. The first-order chi connectivity index (χ1) is 16.2. The maximum atomic E-state index is 12.5. The van der Waals surface area contributed by atoms with Crippen molar-refractivity contribution in [2.45, 2.75) is 13.0 Å². The quantitative estimate of drug-likeness (QED) is 0.230. The number of anilines is 2. The van der Waals surface area contributed by atoms with Crippen molar-refractivity contribution < 1.29 is 17.8 Å². The first-order valence-electron chi connectivity index (χ1n) is 10.1. The lowest BCUT2D eigenvalue weighted by atomic mass is 10.2. The third-order valence-electron chi connectivity index (χ3n) is 5.00. The van der Waals surface area contributed by atoms with E-state index in [1.165, 1.54) is 30.5 Å². The van der Waals surface area contributed by atoms with Crippen molar-refractivity contribution in [3.63, 3.8) is 0 Å². The summed E-state index contributed by atoms with van der Waals surface area (Å²) in [6.07, 6.45) is 3.47. The SMILES string of the molecule is Nc1nc2[nH]c(CCNC(=O)c3ccc(N(Cc4cccnc4)S(=O)(=O)O)cc3)cc2c(=O)[nH]1. The number of hydrogen-bond acceptors (Lipinski definition) is 7. The summed E-state index contributed by atoms with van der Waals surface area (Å²) in [6.45, 7) is 0.158. The molecule has 13 heteroatoms. The summed E-state index contributed by atoms with van der Waals surface area (Å²) in [5.74, 6) is -0.357. The number of nitrogens with zero attached hydrogens (tertiary/aromatic N) is 3. The largest absolute Gasteiger partial charge is 0.369 e. The van der Waals surface area contributed by atoms with Crippen molar-refractivity contribution in [2.75, 3.05) is 16.6 Å². The zero-order valence-corrected chi connectivity index (χ0v) is 18.5. The number of carbonyl (C=O) groups excluding carboxylic acids is 1. The molecule has 0 spiro atoms. The number of nitrogen functional groups attached to an aromatic ring is 1. The zero-order chi connectivity index (χ0) is 24.3. The van der Waals surface area contributed by atoms with E-state index in [-0.39, 0.29) is 36.2 Å². The van der Waals surface area contributed by atoms with Gasteiger partial charge in [-0.05, 0) is 42.0 Å². The molecule has 12 nitrogen and oxygen atoms in total. The lowest BCUT2D eigenvalue weighted by Crippen LogP contribution is -2.30. The smallest absolute Gasteiger partial charge is 0.360 e. The highest BCUT2D eigenvalue weighted by atomic mass is 32.2. The molecule has 0 fully saturated rings. The van der Waals surface area contributed by atoms with Gasteiger partial charge in [-0.1, -0.05) is 6.07 Å². The molecule has 34 heavy (non-hydrogen) atoms. The molecule has 0 radical (unpaired) electrons. The second-order valence-corrected chi connectivity index (χ2v) is 8.74. The summed E-state index contributed by atoms with van der Waals surface area (Å²) in [7, 11) is -4.55. The number of nitrogens with two attached hydrogens (primary N) is 1. The third-order valence-corrected chi connectivity index (χ3v) is 5.89. The third kappa shape index (κ3) is 5.22. The van der Waals surface area contributed by atoms with Crippen LogP contribution >= 0.6 is 0 Å². The van der Waals surface area contributed by atoms with Crippen molar-refractivity contribution in [1.29, 1.82) is 0 Å². The zero-order valence-electron chi connectivity index (χ0n) is 17.7. The molecule has 0 aliphatic heterocycles. The minimum absolute atomic E-state index is 0.00986. The van der Waals surface area contributed by atoms with Gasteiger partial charge in [-0.25, -0.2) is 4.31 Å². The summed E-state index contributed by atoms with van der Waals surface area (Å²) in [4.78, 5) is 37.7. The predicted molar refractivity (Wildman–Crippen MR) is 126 cm³/mol. The number of benzene rings is 1. The Morgan fingerprint density at radius 2 is 1.94 bits per heavy atom. The molecule has 3 aromatic heterocycles. The van der Waals surface area contributed by atoms with Crippen molar-refractivity contribution >= 4 is 38.9 Å². The van der Waals surface area contributed by atoms with Crippen LogP contribution in [0.5, 0.6) is 0 Å². The fraction of sp³-hybridized carbons (Fsp3) is 0.143. The Kier molecular flexibility index (Phi) is 6.30. The number of H-pyrrole nitrogens is 2. The Morgan fingerprint density at radius 1 is 1.18 bits per heavy atom. The Morgan fingerprint density at radius 3 is 2.62 bits per heavy atom. The van der Waals surface area contributed by atoms with Crippen molar-refractivity contribution in [3.8, 4) is 0 Å². The highest BCUT2D eigenvalue weighted by Gasteiger charge is 2.20. The molecule has 1 aromatic carbocycles. The van der Waals surface area contributed by atoms with Crippen LogP contribution in [0.1, 0.15) is 21.6 Å². The fourth-order valence-electron chi connectivity index (χ4n) is 3.38. The standard InChI is InChI=1S/C21H21N7O5S/c22-21-26-18-17(20(30)27-21)10-15(25-18)7-9-24-19(29)14-3-5-16(6-4-14)28(34(31,32)33)12-13-2-1-8-23-11-13/h1-6,8,10-11H,7,9,12H2,(H,24,29)(H,31,32,33)(H4,22,25,26,27,30). The van der Waals surface area contributed by atoms with Crippen molar-refractivity contribution in [3.05, 3.63) is 82.0 Å². The Labute approximate surface area is 193 Å². The highest BCUT2D eigenvalue weighted by Crippen LogP contribution is 2.21. The molecule has 3 heterocycles. The van der Waals surface area contributed by atoms with E-state index >= 15 is 0 Å². The number of carbonyl (C=O) groups is 1. The number of aromatic amines is 2. The normalized spacial score (nSPS) is 11.4. The van der Waals surface area contributed by atoms with Gasteiger partial charge in [0.1, 0.15) is 5.65 Å². The van der Waals surface area contributed by atoms with Crippen molar-refractivity contribution in [2.24, 2.45) is 0 Å². The minimum atomic E-state index is -4.55. The van der Waals surface area contributed by atoms with Gasteiger partial charge >= 0.3 is 10.3 Å². The Balaban J connectivity index is 1.40. The summed E-state index contributed by atoms with van der Waals surface area (Å²) >= 11 is 0. The summed E-state index contributed by atoms with van der Waals surface area (Å²) < 4.78 is 34.2. The maximum absolute atomic E-state index is 12.5. The van der Waals surface area contributed by atoms with Gasteiger partial charge in [0.15, 0.2) is 0 Å². The molecule has 0 aliphatic rings. The van der Waals surface area contributed by atoms with Gasteiger partial charge in [-0.3, -0.25) is 24.1 Å². The van der Waals surface area contributed by atoms with Crippen LogP contribution in [0.2, 0.25) is 0 Å². The molecule has 0 unspecified atom stereocenters. The average Bonchev–Trinajstić information content (AvgIpc) is 3.20. The second-order valence-electron chi connectivity index (χ2n) is 7.41. The van der Waals surface area contributed by atoms with Gasteiger partial charge in [0.25, 0.3) is 11.5 Å². The number of pyridine rings is 1. The molecular weight excluding hydrogens is 462 g/mol. The Bertz CT molecular complexity index is 1480. The fourth-order valence-corrected chi connectivity index (χ4v) is 4.08. The van der Waals surface area contributed by atoms with E-state index in [4.69, 9.17) is 5.73 Å². The first kappa shape index (κ1) is 22.9. The van der Waals surface area contributed by atoms with Gasteiger partial charge in [0.2, 0.25) is 5.95 Å². The number of fused-ring (bicyclic) bond motifs is 1. The van der Waals surface area contributed by atoms with Crippen LogP contribution in [0.4, 0.5) is 11.6 Å². The van der Waals surface area contributed by atoms with Crippen LogP contribution in [0, 0.1) is 0 Å². The molecule has 6 N–H and O–H groups in total. The Hall–Kier alpha value is -4.23. The molecule has 0 saturated carbocycles. The molecule has 1 amide bonds. The maximum Gasteiger partial charge on any atom is 0.360 e. The number of nitrogens with one attached hydrogen (secondary N) is 3. The highest BCUT2D eigenvalue weighted by molar-refractivity contribution is 7.87. The van der Waals surface area contributed by atoms with Crippen LogP contribution in [0.25, 0.3) is 11.0 Å². The first-order valence-corrected chi connectivity index (χ1v) is 11.5. The van der Waals surface area contributed by atoms with Crippen LogP contribution in [-0.4, -0.2) is 45.4 Å². The van der Waals surface area contributed by atoms with Crippen LogP contribution in [-0.2, 0) is 23.3 Å². The molecular formula is C21H21N7O5S. The molecule has 0 saturated heterocycles. The van der Waals surface area contributed by atoms with E-state index in [9.17, 15) is 22.6 Å². The average molecular weight is 484 g/mol. The summed E-state index contributed by atoms with van der Waals surface area (Å²) in [5.41, 5.74) is 7.34. The molecule has 0 aliphatic carbocycles. The van der Waals surface area contributed by atoms with E-state index < -0.39 is 10.3 Å². The lowest BCUT2D eigenvalue weighted by Gasteiger charge is -2.21. The molecule has 176 valence electrons. The van der Waals surface area contributed by atoms with E-state index in [0.29, 0.717) is 34.3 Å².